The van der Waals surface area contributed by atoms with Crippen molar-refractivity contribution in [1.29, 1.82) is 0 Å². The van der Waals surface area contributed by atoms with E-state index in [1.54, 1.807) is 24.3 Å². The standard InChI is InChI=1S/C13H8BrCl2NO2/c14-9-5-7(1-3-10(9)15)13(19)17-8-2-4-11(16)12(18)6-8/h1-6,18H,(H,17,19). The molecule has 0 unspecified atom stereocenters. The highest BCUT2D eigenvalue weighted by atomic mass is 79.9. The first-order valence-electron chi connectivity index (χ1n) is 5.22. The Morgan fingerprint density at radius 3 is 2.42 bits per heavy atom. The van der Waals surface area contributed by atoms with E-state index in [1.807, 2.05) is 0 Å². The predicted octanol–water partition coefficient (Wildman–Crippen LogP) is 4.71. The molecule has 6 heteroatoms. The van der Waals surface area contributed by atoms with Crippen LogP contribution in [0.3, 0.4) is 0 Å². The minimum absolute atomic E-state index is 0.0863. The smallest absolute Gasteiger partial charge is 0.255 e. The number of phenols is 1. The van der Waals surface area contributed by atoms with Crippen LogP contribution in [-0.2, 0) is 0 Å². The molecule has 3 nitrogen and oxygen atoms in total. The van der Waals surface area contributed by atoms with Crippen molar-refractivity contribution in [2.24, 2.45) is 0 Å². The number of halogens is 3. The number of hydrogen-bond acceptors (Lipinski definition) is 2. The normalized spacial score (nSPS) is 10.3. The Kier molecular flexibility index (Phi) is 4.34. The van der Waals surface area contributed by atoms with Crippen LogP contribution in [0, 0.1) is 0 Å². The van der Waals surface area contributed by atoms with Gasteiger partial charge in [0.15, 0.2) is 0 Å². The molecule has 0 heterocycles. The van der Waals surface area contributed by atoms with Gasteiger partial charge in [-0.15, -0.1) is 0 Å². The maximum atomic E-state index is 12.0. The van der Waals surface area contributed by atoms with Crippen molar-refractivity contribution in [2.45, 2.75) is 0 Å². The van der Waals surface area contributed by atoms with Crippen molar-refractivity contribution in [2.75, 3.05) is 5.32 Å². The van der Waals surface area contributed by atoms with E-state index in [-0.39, 0.29) is 16.7 Å². The van der Waals surface area contributed by atoms with Crippen LogP contribution in [0.25, 0.3) is 0 Å². The van der Waals surface area contributed by atoms with Crippen LogP contribution >= 0.6 is 39.1 Å². The Bertz CT molecular complexity index is 647. The molecule has 0 aliphatic heterocycles. The molecule has 0 aliphatic rings. The van der Waals surface area contributed by atoms with Crippen LogP contribution in [0.15, 0.2) is 40.9 Å². The molecule has 2 rings (SSSR count). The van der Waals surface area contributed by atoms with Gasteiger partial charge in [-0.1, -0.05) is 23.2 Å². The van der Waals surface area contributed by atoms with Crippen LogP contribution in [0.1, 0.15) is 10.4 Å². The van der Waals surface area contributed by atoms with Crippen LogP contribution in [0.4, 0.5) is 5.69 Å². The number of aromatic hydroxyl groups is 1. The van der Waals surface area contributed by atoms with Gasteiger partial charge in [-0.05, 0) is 46.3 Å². The fraction of sp³-hybridized carbons (Fsp3) is 0. The first kappa shape index (κ1) is 14.2. The number of rotatable bonds is 2. The SMILES string of the molecule is O=C(Nc1ccc(Cl)c(O)c1)c1ccc(Cl)c(Br)c1. The summed E-state index contributed by atoms with van der Waals surface area (Å²) in [6, 6.07) is 9.34. The van der Waals surface area contributed by atoms with E-state index in [1.165, 1.54) is 12.1 Å². The van der Waals surface area contributed by atoms with Crippen molar-refractivity contribution in [3.8, 4) is 5.75 Å². The quantitative estimate of drug-likeness (QED) is 0.814. The number of hydrogen-bond donors (Lipinski definition) is 2. The zero-order chi connectivity index (χ0) is 14.0. The van der Waals surface area contributed by atoms with Crippen LogP contribution in [0.5, 0.6) is 5.75 Å². The maximum absolute atomic E-state index is 12.0. The summed E-state index contributed by atoms with van der Waals surface area (Å²) in [7, 11) is 0. The van der Waals surface area contributed by atoms with Gasteiger partial charge in [0, 0.05) is 21.8 Å². The highest BCUT2D eigenvalue weighted by Gasteiger charge is 2.09. The summed E-state index contributed by atoms with van der Waals surface area (Å²) < 4.78 is 0.640. The van der Waals surface area contributed by atoms with Gasteiger partial charge >= 0.3 is 0 Å². The zero-order valence-electron chi connectivity index (χ0n) is 9.45. The molecule has 1 amide bonds. The molecule has 0 aliphatic carbocycles. The third kappa shape index (κ3) is 3.41. The fourth-order valence-corrected chi connectivity index (χ4v) is 2.04. The second-order valence-electron chi connectivity index (χ2n) is 3.75. The van der Waals surface area contributed by atoms with Crippen molar-refractivity contribution < 1.29 is 9.90 Å². The second-order valence-corrected chi connectivity index (χ2v) is 5.42. The molecule has 0 saturated heterocycles. The molecule has 98 valence electrons. The summed E-state index contributed by atoms with van der Waals surface area (Å²) in [5.41, 5.74) is 0.906. The maximum Gasteiger partial charge on any atom is 0.255 e. The van der Waals surface area contributed by atoms with Gasteiger partial charge < -0.3 is 10.4 Å². The first-order chi connectivity index (χ1) is 8.97. The first-order valence-corrected chi connectivity index (χ1v) is 6.77. The van der Waals surface area contributed by atoms with Crippen LogP contribution in [0.2, 0.25) is 10.0 Å². The predicted molar refractivity (Wildman–Crippen MR) is 80.2 cm³/mol. The minimum atomic E-state index is -0.306. The Morgan fingerprint density at radius 2 is 1.79 bits per heavy atom. The largest absolute Gasteiger partial charge is 0.506 e. The average molecular weight is 361 g/mol. The zero-order valence-corrected chi connectivity index (χ0v) is 12.6. The Balaban J connectivity index is 2.20. The van der Waals surface area contributed by atoms with Crippen molar-refractivity contribution in [3.63, 3.8) is 0 Å². The molecule has 0 radical (unpaired) electrons. The third-order valence-electron chi connectivity index (χ3n) is 2.39. The van der Waals surface area contributed by atoms with Gasteiger partial charge in [-0.3, -0.25) is 4.79 Å². The van der Waals surface area contributed by atoms with E-state index in [0.29, 0.717) is 20.7 Å². The van der Waals surface area contributed by atoms with E-state index in [2.05, 4.69) is 21.2 Å². The number of nitrogens with one attached hydrogen (secondary N) is 1. The monoisotopic (exact) mass is 359 g/mol. The van der Waals surface area contributed by atoms with Gasteiger partial charge in [0.25, 0.3) is 5.91 Å². The number of amides is 1. The van der Waals surface area contributed by atoms with E-state index in [9.17, 15) is 9.90 Å². The topological polar surface area (TPSA) is 49.3 Å². The second kappa shape index (κ2) is 5.82. The summed E-state index contributed by atoms with van der Waals surface area (Å²) in [4.78, 5) is 12.0. The average Bonchev–Trinajstić information content (AvgIpc) is 2.37. The molecule has 2 aromatic carbocycles. The fourth-order valence-electron chi connectivity index (χ4n) is 1.43. The summed E-state index contributed by atoms with van der Waals surface area (Å²) in [6.45, 7) is 0. The number of anilines is 1. The van der Waals surface area contributed by atoms with Gasteiger partial charge in [0.05, 0.1) is 10.0 Å². The van der Waals surface area contributed by atoms with Gasteiger partial charge in [0.2, 0.25) is 0 Å². The molecule has 0 fully saturated rings. The van der Waals surface area contributed by atoms with E-state index in [0.717, 1.165) is 0 Å². The molecule has 0 saturated carbocycles. The summed E-state index contributed by atoms with van der Waals surface area (Å²) in [5, 5.41) is 12.9. The molecule has 0 spiro atoms. The number of phenolic OH excluding ortho intramolecular Hbond substituents is 1. The van der Waals surface area contributed by atoms with E-state index >= 15 is 0 Å². The summed E-state index contributed by atoms with van der Waals surface area (Å²) in [6.07, 6.45) is 0. The Labute approximate surface area is 128 Å². The lowest BCUT2D eigenvalue weighted by Gasteiger charge is -2.07. The number of carbonyl (C=O) groups excluding carboxylic acids is 1. The molecule has 0 bridgehead atoms. The lowest BCUT2D eigenvalue weighted by atomic mass is 10.2. The number of benzene rings is 2. The molecule has 2 aromatic rings. The third-order valence-corrected chi connectivity index (χ3v) is 3.92. The lowest BCUT2D eigenvalue weighted by molar-refractivity contribution is 0.102. The van der Waals surface area contributed by atoms with Crippen molar-refractivity contribution in [3.05, 3.63) is 56.5 Å². The van der Waals surface area contributed by atoms with Gasteiger partial charge in [-0.2, -0.15) is 0 Å². The molecule has 19 heavy (non-hydrogen) atoms. The summed E-state index contributed by atoms with van der Waals surface area (Å²) >= 11 is 14.8. The van der Waals surface area contributed by atoms with Gasteiger partial charge in [0.1, 0.15) is 5.75 Å². The van der Waals surface area contributed by atoms with E-state index in [4.69, 9.17) is 23.2 Å². The van der Waals surface area contributed by atoms with E-state index < -0.39 is 0 Å². The molecular weight excluding hydrogens is 353 g/mol. The molecule has 0 aromatic heterocycles. The highest BCUT2D eigenvalue weighted by Crippen LogP contribution is 2.27. The van der Waals surface area contributed by atoms with Gasteiger partial charge in [-0.25, -0.2) is 0 Å². The van der Waals surface area contributed by atoms with Crippen molar-refractivity contribution in [1.82, 2.24) is 0 Å². The van der Waals surface area contributed by atoms with Crippen molar-refractivity contribution >= 4 is 50.7 Å². The Morgan fingerprint density at radius 1 is 1.11 bits per heavy atom. The van der Waals surface area contributed by atoms with Crippen LogP contribution in [-0.4, -0.2) is 11.0 Å². The van der Waals surface area contributed by atoms with Crippen LogP contribution < -0.4 is 5.32 Å². The molecule has 0 atom stereocenters. The highest BCUT2D eigenvalue weighted by molar-refractivity contribution is 9.10. The Hall–Kier alpha value is -1.23. The minimum Gasteiger partial charge on any atom is -0.506 e. The number of carbonyl (C=O) groups is 1. The molecular formula is C13H8BrCl2NO2. The summed E-state index contributed by atoms with van der Waals surface area (Å²) in [5.74, 6) is -0.393. The lowest BCUT2D eigenvalue weighted by Crippen LogP contribution is -2.11. The molecule has 2 N–H and O–H groups in total.